The number of hydrogen-bond donors (Lipinski definition) is 4. The van der Waals surface area contributed by atoms with E-state index in [1.807, 2.05) is 18.2 Å². The number of nitrogens with two attached hydrogens (primary N) is 1. The van der Waals surface area contributed by atoms with Crippen molar-refractivity contribution in [3.63, 3.8) is 0 Å². The van der Waals surface area contributed by atoms with Crippen molar-refractivity contribution in [1.82, 2.24) is 4.90 Å². The molecule has 6 rings (SSSR count). The van der Waals surface area contributed by atoms with Gasteiger partial charge in [0, 0.05) is 34.9 Å². The highest BCUT2D eigenvalue weighted by Gasteiger charge is 2.50. The third kappa shape index (κ3) is 3.37. The summed E-state index contributed by atoms with van der Waals surface area (Å²) in [5, 5.41) is 34.1. The molecule has 3 unspecified atom stereocenters. The van der Waals surface area contributed by atoms with Crippen LogP contribution in [0.3, 0.4) is 0 Å². The first kappa shape index (κ1) is 23.5. The zero-order valence-electron chi connectivity index (χ0n) is 20.4. The molecule has 9 heteroatoms. The number of phenolic OH excluding ortho intramolecular Hbond substituents is 1. The van der Waals surface area contributed by atoms with Crippen molar-refractivity contribution < 1.29 is 34.4 Å². The number of carbonyl (C=O) groups is 3. The Labute approximate surface area is 212 Å². The molecule has 1 saturated heterocycles. The van der Waals surface area contributed by atoms with Gasteiger partial charge in [0.2, 0.25) is 0 Å². The molecule has 9 nitrogen and oxygen atoms in total. The number of allylic oxidation sites excluding steroid dienone is 3. The van der Waals surface area contributed by atoms with Crippen LogP contribution in [0.5, 0.6) is 11.5 Å². The molecule has 0 aromatic heterocycles. The van der Waals surface area contributed by atoms with Crippen LogP contribution in [0.1, 0.15) is 40.7 Å². The summed E-state index contributed by atoms with van der Waals surface area (Å²) < 4.78 is 5.77. The molecule has 4 aliphatic rings. The quantitative estimate of drug-likeness (QED) is 0.464. The average molecular weight is 505 g/mol. The van der Waals surface area contributed by atoms with Crippen molar-refractivity contribution in [2.45, 2.75) is 32.2 Å². The first-order chi connectivity index (χ1) is 17.7. The van der Waals surface area contributed by atoms with Crippen molar-refractivity contribution >= 4 is 28.2 Å². The fourth-order valence-electron chi connectivity index (χ4n) is 6.65. The average Bonchev–Trinajstić information content (AvgIpc) is 2.81. The van der Waals surface area contributed by atoms with E-state index in [1.165, 1.54) is 7.11 Å². The maximum Gasteiger partial charge on any atom is 0.255 e. The molecular formula is C28H28N2O7. The van der Waals surface area contributed by atoms with Gasteiger partial charge >= 0.3 is 0 Å². The molecule has 1 aliphatic heterocycles. The molecule has 2 aromatic carbocycles. The molecule has 3 aliphatic carbocycles. The summed E-state index contributed by atoms with van der Waals surface area (Å²) >= 11 is 0. The van der Waals surface area contributed by atoms with Gasteiger partial charge in [-0.3, -0.25) is 19.3 Å². The fourth-order valence-corrected chi connectivity index (χ4v) is 6.65. The molecule has 192 valence electrons. The number of Topliss-reactive ketones (excluding diaryl/α,β-unsaturated/α-hetero) is 2. The molecule has 1 heterocycles. The van der Waals surface area contributed by atoms with Crippen molar-refractivity contribution in [2.24, 2.45) is 23.5 Å². The number of aliphatic hydroxyl groups is 2. The number of rotatable bonds is 4. The lowest BCUT2D eigenvalue weighted by atomic mass is 9.62. The lowest BCUT2D eigenvalue weighted by Gasteiger charge is -2.41. The SMILES string of the molecule is COc1c2c(c(O)c3cc(CN4CCC4)ccc13)C(=O)C1=C(O)C3C(=O)C(C(N)=O)=C(O)CC3CC1C2. The van der Waals surface area contributed by atoms with E-state index in [1.54, 1.807) is 0 Å². The number of hydrogen-bond acceptors (Lipinski definition) is 8. The zero-order valence-corrected chi connectivity index (χ0v) is 20.4. The number of benzene rings is 2. The molecular weight excluding hydrogens is 476 g/mol. The predicted octanol–water partition coefficient (Wildman–Crippen LogP) is 2.83. The number of nitrogens with zero attached hydrogens (tertiary/aromatic N) is 1. The summed E-state index contributed by atoms with van der Waals surface area (Å²) in [5.41, 5.74) is 6.48. The van der Waals surface area contributed by atoms with Gasteiger partial charge in [0.1, 0.15) is 28.6 Å². The van der Waals surface area contributed by atoms with Crippen LogP contribution >= 0.6 is 0 Å². The topological polar surface area (TPSA) is 150 Å². The molecule has 37 heavy (non-hydrogen) atoms. The number of aliphatic hydroxyl groups excluding tert-OH is 2. The maximum atomic E-state index is 13.9. The number of fused-ring (bicyclic) bond motifs is 4. The smallest absolute Gasteiger partial charge is 0.255 e. The summed E-state index contributed by atoms with van der Waals surface area (Å²) in [6.45, 7) is 2.79. The minimum atomic E-state index is -1.14. The highest BCUT2D eigenvalue weighted by atomic mass is 16.5. The van der Waals surface area contributed by atoms with E-state index < -0.39 is 46.6 Å². The maximum absolute atomic E-state index is 13.9. The molecule has 1 fully saturated rings. The number of likely N-dealkylation sites (tertiary alicyclic amines) is 1. The van der Waals surface area contributed by atoms with Crippen LogP contribution in [0.15, 0.2) is 40.9 Å². The van der Waals surface area contributed by atoms with E-state index in [-0.39, 0.29) is 29.1 Å². The molecule has 0 radical (unpaired) electrons. The fraction of sp³-hybridized carbons (Fsp3) is 0.393. The molecule has 0 saturated carbocycles. The van der Waals surface area contributed by atoms with Gasteiger partial charge in [0.25, 0.3) is 5.91 Å². The predicted molar refractivity (Wildman–Crippen MR) is 133 cm³/mol. The van der Waals surface area contributed by atoms with Gasteiger partial charge in [-0.2, -0.15) is 0 Å². The largest absolute Gasteiger partial charge is 0.511 e. The number of ether oxygens (including phenoxy) is 1. The van der Waals surface area contributed by atoms with Gasteiger partial charge in [-0.25, -0.2) is 0 Å². The summed E-state index contributed by atoms with van der Waals surface area (Å²) in [5.74, 6) is -4.91. The number of primary amides is 1. The Morgan fingerprint density at radius 1 is 1.14 bits per heavy atom. The lowest BCUT2D eigenvalue weighted by Crippen LogP contribution is -2.43. The minimum Gasteiger partial charge on any atom is -0.511 e. The number of ketones is 2. The molecule has 2 aromatic rings. The minimum absolute atomic E-state index is 0.00344. The van der Waals surface area contributed by atoms with Crippen LogP contribution in [-0.2, 0) is 22.6 Å². The van der Waals surface area contributed by atoms with E-state index in [0.717, 1.165) is 31.6 Å². The summed E-state index contributed by atoms with van der Waals surface area (Å²) in [6.07, 6.45) is 1.82. The van der Waals surface area contributed by atoms with Crippen LogP contribution < -0.4 is 10.5 Å². The standard InChI is InChI=1S/C28H28N2O7/c1-37-27-15-4-3-12(11-30-5-2-6-30)7-16(15)23(32)21-17(27)9-13-8-14-10-18(31)22(28(29)36)26(35)20(14)24(33)19(13)25(21)34/h3-4,7,13-14,20,31-33H,2,5-6,8-11H2,1H3,(H2,29,36). The number of methoxy groups -OCH3 is 1. The van der Waals surface area contributed by atoms with Crippen molar-refractivity contribution in [3.05, 3.63) is 57.6 Å². The molecule has 5 N–H and O–H groups in total. The second-order valence-electron chi connectivity index (χ2n) is 10.5. The Kier molecular flexibility index (Phi) is 5.31. The van der Waals surface area contributed by atoms with Crippen molar-refractivity contribution in [1.29, 1.82) is 0 Å². The first-order valence-corrected chi connectivity index (χ1v) is 12.5. The van der Waals surface area contributed by atoms with E-state index in [2.05, 4.69) is 4.90 Å². The molecule has 0 bridgehead atoms. The summed E-state index contributed by atoms with van der Waals surface area (Å²) in [4.78, 5) is 41.0. The van der Waals surface area contributed by atoms with Crippen LogP contribution in [0.4, 0.5) is 0 Å². The lowest BCUT2D eigenvalue weighted by molar-refractivity contribution is -0.126. The van der Waals surface area contributed by atoms with Gasteiger partial charge in [0.05, 0.1) is 18.6 Å². The number of carbonyl (C=O) groups excluding carboxylic acids is 3. The molecule has 0 spiro atoms. The third-order valence-corrected chi connectivity index (χ3v) is 8.43. The van der Waals surface area contributed by atoms with Crippen LogP contribution in [0, 0.1) is 17.8 Å². The van der Waals surface area contributed by atoms with Crippen molar-refractivity contribution in [3.8, 4) is 11.5 Å². The Morgan fingerprint density at radius 2 is 1.89 bits per heavy atom. The van der Waals surface area contributed by atoms with E-state index >= 15 is 0 Å². The Balaban J connectivity index is 1.49. The Bertz CT molecular complexity index is 1470. The van der Waals surface area contributed by atoms with Crippen molar-refractivity contribution in [2.75, 3.05) is 20.2 Å². The second kappa shape index (κ2) is 8.34. The normalized spacial score (nSPS) is 25.5. The van der Waals surface area contributed by atoms with Gasteiger partial charge in [0.15, 0.2) is 11.6 Å². The molecule has 1 amide bonds. The second-order valence-corrected chi connectivity index (χ2v) is 10.5. The Morgan fingerprint density at radius 3 is 2.54 bits per heavy atom. The summed E-state index contributed by atoms with van der Waals surface area (Å²) in [7, 11) is 1.53. The third-order valence-electron chi connectivity index (χ3n) is 8.43. The van der Waals surface area contributed by atoms with E-state index in [9.17, 15) is 29.7 Å². The van der Waals surface area contributed by atoms with Gasteiger partial charge in [-0.05, 0) is 55.8 Å². The van der Waals surface area contributed by atoms with Gasteiger partial charge in [-0.15, -0.1) is 0 Å². The van der Waals surface area contributed by atoms with Crippen LogP contribution in [-0.4, -0.2) is 57.9 Å². The van der Waals surface area contributed by atoms with E-state index in [4.69, 9.17) is 10.5 Å². The number of aromatic hydroxyl groups is 1. The molecule has 3 atom stereocenters. The number of amides is 1. The highest BCUT2D eigenvalue weighted by Crippen LogP contribution is 2.52. The van der Waals surface area contributed by atoms with Gasteiger partial charge < -0.3 is 25.8 Å². The van der Waals surface area contributed by atoms with Crippen LogP contribution in [0.2, 0.25) is 0 Å². The highest BCUT2D eigenvalue weighted by molar-refractivity contribution is 6.22. The van der Waals surface area contributed by atoms with Gasteiger partial charge in [-0.1, -0.05) is 12.1 Å². The summed E-state index contributed by atoms with van der Waals surface area (Å²) in [6, 6.07) is 5.77. The number of phenols is 1. The Hall–Kier alpha value is -3.85. The first-order valence-electron chi connectivity index (χ1n) is 12.5. The van der Waals surface area contributed by atoms with E-state index in [0.29, 0.717) is 34.9 Å². The van der Waals surface area contributed by atoms with Crippen LogP contribution in [0.25, 0.3) is 10.8 Å². The zero-order chi connectivity index (χ0) is 26.2. The monoisotopic (exact) mass is 504 g/mol.